The molecule has 1 atom stereocenters. The average molecular weight is 541 g/mol. The minimum atomic E-state index is -3.96. The Labute approximate surface area is 222 Å². The summed E-state index contributed by atoms with van der Waals surface area (Å²) < 4.78 is 31.4. The van der Waals surface area contributed by atoms with Crippen molar-refractivity contribution < 1.29 is 33.0 Å². The van der Waals surface area contributed by atoms with Gasteiger partial charge in [0.1, 0.15) is 18.5 Å². The highest BCUT2D eigenvalue weighted by Gasteiger charge is 2.28. The predicted molar refractivity (Wildman–Crippen MR) is 141 cm³/mol. The Hall–Kier alpha value is -3.89. The second-order valence-corrected chi connectivity index (χ2v) is 11.7. The van der Waals surface area contributed by atoms with Gasteiger partial charge in [0.2, 0.25) is 9.84 Å². The van der Waals surface area contributed by atoms with Crippen molar-refractivity contribution in [2.45, 2.75) is 48.6 Å². The van der Waals surface area contributed by atoms with Crippen molar-refractivity contribution in [3.8, 4) is 5.75 Å². The molecule has 10 heteroatoms. The molecule has 38 heavy (non-hydrogen) atoms. The third-order valence-electron chi connectivity index (χ3n) is 5.98. The molecule has 202 valence electrons. The van der Waals surface area contributed by atoms with Crippen molar-refractivity contribution in [1.82, 2.24) is 4.90 Å². The molecule has 0 unspecified atom stereocenters. The highest BCUT2D eigenvalue weighted by molar-refractivity contribution is 7.91. The van der Waals surface area contributed by atoms with Gasteiger partial charge in [-0.3, -0.25) is 4.79 Å². The molecule has 4 N–H and O–H groups in total. The number of phenols is 1. The van der Waals surface area contributed by atoms with E-state index >= 15 is 0 Å². The summed E-state index contributed by atoms with van der Waals surface area (Å²) in [5, 5.41) is 20.1. The maximum Gasteiger partial charge on any atom is 0.410 e. The van der Waals surface area contributed by atoms with Gasteiger partial charge in [0.05, 0.1) is 15.4 Å². The molecule has 0 aliphatic rings. The number of aromatic hydroxyl groups is 1. The smallest absolute Gasteiger partial charge is 0.410 e. The van der Waals surface area contributed by atoms with Crippen LogP contribution in [0.2, 0.25) is 0 Å². The van der Waals surface area contributed by atoms with E-state index in [-0.39, 0.29) is 22.0 Å². The summed E-state index contributed by atoms with van der Waals surface area (Å²) in [6.07, 6.45) is -1.08. The van der Waals surface area contributed by atoms with Crippen molar-refractivity contribution in [3.05, 3.63) is 89.5 Å². The SMILES string of the molecule is CC(C)(C)N(CCc1ccc(S(=O)(=O)c2ccc(O)c(C(N)=O)c2)cc1)C(=O)OC[C@H](O)c1ccccc1. The van der Waals surface area contributed by atoms with Crippen molar-refractivity contribution in [3.63, 3.8) is 0 Å². The van der Waals surface area contributed by atoms with E-state index in [4.69, 9.17) is 10.5 Å². The van der Waals surface area contributed by atoms with E-state index in [1.807, 2.05) is 26.8 Å². The molecule has 0 saturated heterocycles. The zero-order valence-corrected chi connectivity index (χ0v) is 22.3. The fourth-order valence-corrected chi connectivity index (χ4v) is 5.08. The number of hydrogen-bond donors (Lipinski definition) is 3. The number of sulfone groups is 1. The molecule has 3 rings (SSSR count). The number of nitrogens with zero attached hydrogens (tertiary/aromatic N) is 1. The predicted octanol–water partition coefficient (Wildman–Crippen LogP) is 3.84. The van der Waals surface area contributed by atoms with Gasteiger partial charge >= 0.3 is 6.09 Å². The number of benzene rings is 3. The Kier molecular flexibility index (Phi) is 8.80. The lowest BCUT2D eigenvalue weighted by molar-refractivity contribution is 0.0298. The van der Waals surface area contributed by atoms with Crippen LogP contribution < -0.4 is 5.73 Å². The van der Waals surface area contributed by atoms with Crippen LogP contribution in [0.5, 0.6) is 5.75 Å². The van der Waals surface area contributed by atoms with Gasteiger partial charge in [0.15, 0.2) is 0 Å². The molecule has 0 spiro atoms. The van der Waals surface area contributed by atoms with Gasteiger partial charge in [-0.1, -0.05) is 42.5 Å². The number of nitrogens with two attached hydrogens (primary N) is 1. The van der Waals surface area contributed by atoms with Crippen LogP contribution in [0.15, 0.2) is 82.6 Å². The monoisotopic (exact) mass is 540 g/mol. The van der Waals surface area contributed by atoms with E-state index in [1.54, 1.807) is 41.3 Å². The van der Waals surface area contributed by atoms with Crippen LogP contribution in [0.4, 0.5) is 4.79 Å². The molecule has 2 amide bonds. The molecular formula is C28H32N2O7S. The lowest BCUT2D eigenvalue weighted by Crippen LogP contribution is -2.47. The maximum absolute atomic E-state index is 13.0. The molecule has 3 aromatic rings. The van der Waals surface area contributed by atoms with E-state index in [2.05, 4.69) is 0 Å². The first kappa shape index (κ1) is 28.7. The van der Waals surface area contributed by atoms with Crippen LogP contribution >= 0.6 is 0 Å². The summed E-state index contributed by atoms with van der Waals surface area (Å²) in [4.78, 5) is 25.7. The van der Waals surface area contributed by atoms with Crippen LogP contribution in [0.25, 0.3) is 0 Å². The second kappa shape index (κ2) is 11.7. The summed E-state index contributed by atoms with van der Waals surface area (Å²) in [6.45, 7) is 5.73. The first-order valence-electron chi connectivity index (χ1n) is 11.9. The highest BCUT2D eigenvalue weighted by Crippen LogP contribution is 2.26. The van der Waals surface area contributed by atoms with Crippen LogP contribution in [-0.2, 0) is 21.0 Å². The summed E-state index contributed by atoms with van der Waals surface area (Å²) in [5.74, 6) is -1.34. The standard InChI is InChI=1S/C28H32N2O7S/c1-28(2,3)30(27(34)37-18-25(32)20-7-5-4-6-8-20)16-15-19-9-11-21(12-10-19)38(35,36)22-13-14-24(31)23(17-22)26(29)33/h4-14,17,25,31-32H,15-16,18H2,1-3H3,(H2,29,33)/t25-/m0/s1. The van der Waals surface area contributed by atoms with Gasteiger partial charge in [-0.2, -0.15) is 0 Å². The zero-order chi connectivity index (χ0) is 28.1. The van der Waals surface area contributed by atoms with E-state index < -0.39 is 39.2 Å². The minimum Gasteiger partial charge on any atom is -0.507 e. The summed E-state index contributed by atoms with van der Waals surface area (Å²) in [6, 6.07) is 18.5. The fourth-order valence-electron chi connectivity index (χ4n) is 3.79. The zero-order valence-electron chi connectivity index (χ0n) is 21.5. The first-order chi connectivity index (χ1) is 17.8. The molecule has 0 aromatic heterocycles. The number of ether oxygens (including phenoxy) is 1. The number of carbonyl (C=O) groups excluding carboxylic acids is 2. The number of rotatable bonds is 9. The van der Waals surface area contributed by atoms with E-state index in [0.29, 0.717) is 18.5 Å². The lowest BCUT2D eigenvalue weighted by atomic mass is 10.1. The van der Waals surface area contributed by atoms with Gasteiger partial charge in [-0.25, -0.2) is 13.2 Å². The lowest BCUT2D eigenvalue weighted by Gasteiger charge is -2.35. The third kappa shape index (κ3) is 6.90. The Morgan fingerprint density at radius 3 is 2.16 bits per heavy atom. The fraction of sp³-hybridized carbons (Fsp3) is 0.286. The summed E-state index contributed by atoms with van der Waals surface area (Å²) in [5.41, 5.74) is 5.81. The van der Waals surface area contributed by atoms with Crippen molar-refractivity contribution in [2.75, 3.05) is 13.2 Å². The molecule has 0 bridgehead atoms. The van der Waals surface area contributed by atoms with Gasteiger partial charge in [0, 0.05) is 12.1 Å². The van der Waals surface area contributed by atoms with Crippen LogP contribution in [-0.4, -0.2) is 54.2 Å². The van der Waals surface area contributed by atoms with E-state index in [0.717, 1.165) is 17.7 Å². The second-order valence-electron chi connectivity index (χ2n) is 9.77. The number of amides is 2. The highest BCUT2D eigenvalue weighted by atomic mass is 32.2. The van der Waals surface area contributed by atoms with E-state index in [9.17, 15) is 28.2 Å². The molecule has 0 radical (unpaired) electrons. The largest absolute Gasteiger partial charge is 0.507 e. The Morgan fingerprint density at radius 2 is 1.58 bits per heavy atom. The van der Waals surface area contributed by atoms with Crippen molar-refractivity contribution >= 4 is 21.8 Å². The summed E-state index contributed by atoms with van der Waals surface area (Å²) in [7, 11) is -3.96. The number of carbonyl (C=O) groups is 2. The van der Waals surface area contributed by atoms with E-state index in [1.165, 1.54) is 18.2 Å². The molecule has 0 aliphatic carbocycles. The number of primary amides is 1. The summed E-state index contributed by atoms with van der Waals surface area (Å²) >= 11 is 0. The molecule has 0 heterocycles. The quantitative estimate of drug-likeness (QED) is 0.374. The molecule has 0 aliphatic heterocycles. The first-order valence-corrected chi connectivity index (χ1v) is 13.4. The van der Waals surface area contributed by atoms with Gasteiger partial charge in [-0.15, -0.1) is 0 Å². The molecule has 0 saturated carbocycles. The van der Waals surface area contributed by atoms with Crippen molar-refractivity contribution in [2.24, 2.45) is 5.73 Å². The van der Waals surface area contributed by atoms with Gasteiger partial charge in [0.25, 0.3) is 5.91 Å². The Balaban J connectivity index is 1.68. The molecule has 9 nitrogen and oxygen atoms in total. The Morgan fingerprint density at radius 1 is 0.974 bits per heavy atom. The van der Waals surface area contributed by atoms with Crippen LogP contribution in [0.1, 0.15) is 48.4 Å². The normalized spacial score (nSPS) is 12.5. The van der Waals surface area contributed by atoms with Gasteiger partial charge < -0.3 is 25.6 Å². The topological polar surface area (TPSA) is 147 Å². The molecule has 3 aromatic carbocycles. The minimum absolute atomic E-state index is 0.00403. The average Bonchev–Trinajstić information content (AvgIpc) is 2.87. The van der Waals surface area contributed by atoms with Crippen LogP contribution in [0.3, 0.4) is 0 Å². The van der Waals surface area contributed by atoms with Crippen LogP contribution in [0, 0.1) is 0 Å². The molecular weight excluding hydrogens is 508 g/mol. The third-order valence-corrected chi connectivity index (χ3v) is 7.75. The van der Waals surface area contributed by atoms with Crippen molar-refractivity contribution in [1.29, 1.82) is 0 Å². The number of aliphatic hydroxyl groups excluding tert-OH is 1. The van der Waals surface area contributed by atoms with Gasteiger partial charge in [-0.05, 0) is 68.7 Å². The molecule has 0 fully saturated rings. The number of hydrogen-bond acceptors (Lipinski definition) is 7. The Bertz CT molecular complexity index is 1380. The number of aliphatic hydroxyl groups is 1. The maximum atomic E-state index is 13.0.